The molecular weight excluding hydrogens is 284 g/mol. The molecule has 0 saturated heterocycles. The smallest absolute Gasteiger partial charge is 0.338 e. The number of carbonyl (C=O) groups is 1. The Morgan fingerprint density at radius 2 is 2.00 bits per heavy atom. The van der Waals surface area contributed by atoms with Crippen LogP contribution in [0.4, 0.5) is 17.1 Å². The van der Waals surface area contributed by atoms with E-state index < -0.39 is 0 Å². The van der Waals surface area contributed by atoms with E-state index in [4.69, 9.17) is 10.5 Å². The lowest BCUT2D eigenvalue weighted by atomic mass is 10.1. The molecular formula is C16H18N2O2S. The van der Waals surface area contributed by atoms with Gasteiger partial charge in [-0.25, -0.2) is 4.79 Å². The van der Waals surface area contributed by atoms with Crippen LogP contribution in [-0.2, 0) is 4.74 Å². The lowest BCUT2D eigenvalue weighted by Crippen LogP contribution is -2.06. The number of ether oxygens (including phenoxy) is 1. The SMILES string of the molecule is CCOC(=O)c1ccc(N)c(Nc2ccccc2SC)c1. The van der Waals surface area contributed by atoms with E-state index in [0.29, 0.717) is 23.5 Å². The number of benzene rings is 2. The molecule has 0 aliphatic heterocycles. The minimum absolute atomic E-state index is 0.348. The molecule has 2 aromatic carbocycles. The van der Waals surface area contributed by atoms with Crippen LogP contribution >= 0.6 is 11.8 Å². The first-order chi connectivity index (χ1) is 10.2. The lowest BCUT2D eigenvalue weighted by molar-refractivity contribution is 0.0526. The standard InChI is InChI=1S/C16H18N2O2S/c1-3-20-16(19)11-8-9-12(17)14(10-11)18-13-6-4-5-7-15(13)21-2/h4-10,18H,3,17H2,1-2H3. The highest BCUT2D eigenvalue weighted by Gasteiger charge is 2.10. The predicted octanol–water partition coefficient (Wildman–Crippen LogP) is 3.91. The molecule has 21 heavy (non-hydrogen) atoms. The number of hydrogen-bond acceptors (Lipinski definition) is 5. The van der Waals surface area contributed by atoms with Gasteiger partial charge in [0.25, 0.3) is 0 Å². The van der Waals surface area contributed by atoms with E-state index in [1.165, 1.54) is 0 Å². The van der Waals surface area contributed by atoms with Crippen molar-refractivity contribution in [1.29, 1.82) is 0 Å². The predicted molar refractivity (Wildman–Crippen MR) is 88.3 cm³/mol. The fourth-order valence-corrected chi connectivity index (χ4v) is 2.45. The highest BCUT2D eigenvalue weighted by atomic mass is 32.2. The van der Waals surface area contributed by atoms with Crippen LogP contribution in [0.25, 0.3) is 0 Å². The van der Waals surface area contributed by atoms with Gasteiger partial charge in [-0.05, 0) is 43.5 Å². The largest absolute Gasteiger partial charge is 0.462 e. The van der Waals surface area contributed by atoms with E-state index in [-0.39, 0.29) is 5.97 Å². The Hall–Kier alpha value is -2.14. The van der Waals surface area contributed by atoms with Crippen LogP contribution in [0, 0.1) is 0 Å². The minimum Gasteiger partial charge on any atom is -0.462 e. The van der Waals surface area contributed by atoms with Crippen LogP contribution in [0.5, 0.6) is 0 Å². The second-order valence-corrected chi connectivity index (χ2v) is 5.20. The van der Waals surface area contributed by atoms with Crippen molar-refractivity contribution >= 4 is 34.8 Å². The Balaban J connectivity index is 2.31. The average Bonchev–Trinajstić information content (AvgIpc) is 2.50. The van der Waals surface area contributed by atoms with Gasteiger partial charge in [0.2, 0.25) is 0 Å². The maximum Gasteiger partial charge on any atom is 0.338 e. The number of nitrogen functional groups attached to an aromatic ring is 1. The molecule has 2 rings (SSSR count). The summed E-state index contributed by atoms with van der Waals surface area (Å²) in [6.45, 7) is 2.13. The molecule has 0 bridgehead atoms. The topological polar surface area (TPSA) is 64.3 Å². The number of thioether (sulfide) groups is 1. The zero-order chi connectivity index (χ0) is 15.2. The monoisotopic (exact) mass is 302 g/mol. The van der Waals surface area contributed by atoms with Gasteiger partial charge in [0.05, 0.1) is 29.2 Å². The summed E-state index contributed by atoms with van der Waals surface area (Å²) < 4.78 is 5.01. The summed E-state index contributed by atoms with van der Waals surface area (Å²) in [5.74, 6) is -0.348. The third-order valence-corrected chi connectivity index (χ3v) is 3.74. The summed E-state index contributed by atoms with van der Waals surface area (Å²) in [5.41, 5.74) is 8.70. The highest BCUT2D eigenvalue weighted by molar-refractivity contribution is 7.98. The van der Waals surface area contributed by atoms with Gasteiger partial charge >= 0.3 is 5.97 Å². The van der Waals surface area contributed by atoms with E-state index >= 15 is 0 Å². The summed E-state index contributed by atoms with van der Waals surface area (Å²) in [5, 5.41) is 3.28. The van der Waals surface area contributed by atoms with Crippen molar-refractivity contribution < 1.29 is 9.53 Å². The summed E-state index contributed by atoms with van der Waals surface area (Å²) in [6.07, 6.45) is 2.01. The van der Waals surface area contributed by atoms with Crippen molar-refractivity contribution in [2.45, 2.75) is 11.8 Å². The van der Waals surface area contributed by atoms with E-state index in [2.05, 4.69) is 5.32 Å². The number of anilines is 3. The van der Waals surface area contributed by atoms with Gasteiger partial charge in [-0.2, -0.15) is 0 Å². The van der Waals surface area contributed by atoms with Gasteiger partial charge in [0.15, 0.2) is 0 Å². The Labute approximate surface area is 128 Å². The quantitative estimate of drug-likeness (QED) is 0.498. The van der Waals surface area contributed by atoms with Crippen molar-refractivity contribution in [3.63, 3.8) is 0 Å². The highest BCUT2D eigenvalue weighted by Crippen LogP contribution is 2.30. The van der Waals surface area contributed by atoms with Crippen molar-refractivity contribution in [1.82, 2.24) is 0 Å². The van der Waals surface area contributed by atoms with Crippen molar-refractivity contribution in [3.05, 3.63) is 48.0 Å². The van der Waals surface area contributed by atoms with Gasteiger partial charge in [-0.15, -0.1) is 11.8 Å². The van der Waals surface area contributed by atoms with Crippen molar-refractivity contribution in [2.24, 2.45) is 0 Å². The molecule has 0 aliphatic rings. The second kappa shape index (κ2) is 7.04. The van der Waals surface area contributed by atoms with Crippen LogP contribution in [0.3, 0.4) is 0 Å². The molecule has 0 radical (unpaired) electrons. The second-order valence-electron chi connectivity index (χ2n) is 4.35. The third kappa shape index (κ3) is 3.70. The number of carbonyl (C=O) groups excluding carboxylic acids is 1. The molecule has 0 heterocycles. The first-order valence-electron chi connectivity index (χ1n) is 6.62. The van der Waals surface area contributed by atoms with Crippen molar-refractivity contribution in [3.8, 4) is 0 Å². The molecule has 0 spiro atoms. The maximum absolute atomic E-state index is 11.8. The van der Waals surface area contributed by atoms with Crippen LogP contribution in [0.2, 0.25) is 0 Å². The van der Waals surface area contributed by atoms with Gasteiger partial charge in [-0.1, -0.05) is 12.1 Å². The fraction of sp³-hybridized carbons (Fsp3) is 0.188. The number of rotatable bonds is 5. The molecule has 0 aromatic heterocycles. The number of nitrogens with two attached hydrogens (primary N) is 1. The van der Waals surface area contributed by atoms with Crippen molar-refractivity contribution in [2.75, 3.05) is 23.9 Å². The molecule has 0 atom stereocenters. The Kier molecular flexibility index (Phi) is 5.11. The number of para-hydroxylation sites is 1. The lowest BCUT2D eigenvalue weighted by Gasteiger charge is -2.13. The Morgan fingerprint density at radius 3 is 2.71 bits per heavy atom. The minimum atomic E-state index is -0.348. The van der Waals surface area contributed by atoms with Crippen LogP contribution in [0.15, 0.2) is 47.4 Å². The molecule has 3 N–H and O–H groups in total. The Morgan fingerprint density at radius 1 is 1.24 bits per heavy atom. The van der Waals surface area contributed by atoms with E-state index in [1.54, 1.807) is 36.9 Å². The van der Waals surface area contributed by atoms with Gasteiger partial charge in [0.1, 0.15) is 0 Å². The molecule has 0 unspecified atom stereocenters. The summed E-state index contributed by atoms with van der Waals surface area (Å²) in [4.78, 5) is 12.9. The van der Waals surface area contributed by atoms with Crippen LogP contribution in [-0.4, -0.2) is 18.8 Å². The van der Waals surface area contributed by atoms with E-state index in [1.807, 2.05) is 30.5 Å². The molecule has 110 valence electrons. The fourth-order valence-electron chi connectivity index (χ4n) is 1.90. The normalized spacial score (nSPS) is 10.2. The first kappa shape index (κ1) is 15.3. The summed E-state index contributed by atoms with van der Waals surface area (Å²) >= 11 is 1.64. The molecule has 0 fully saturated rings. The van der Waals surface area contributed by atoms with Gasteiger partial charge in [0, 0.05) is 4.90 Å². The van der Waals surface area contributed by atoms with Gasteiger partial charge in [-0.3, -0.25) is 0 Å². The molecule has 0 aliphatic carbocycles. The molecule has 0 amide bonds. The Bertz CT molecular complexity index is 644. The van der Waals surface area contributed by atoms with Crippen LogP contribution in [0.1, 0.15) is 17.3 Å². The van der Waals surface area contributed by atoms with E-state index in [0.717, 1.165) is 10.6 Å². The first-order valence-corrected chi connectivity index (χ1v) is 7.85. The third-order valence-electron chi connectivity index (χ3n) is 2.94. The average molecular weight is 302 g/mol. The molecule has 4 nitrogen and oxygen atoms in total. The molecule has 2 aromatic rings. The number of hydrogen-bond donors (Lipinski definition) is 2. The number of esters is 1. The molecule has 5 heteroatoms. The van der Waals surface area contributed by atoms with Crippen LogP contribution < -0.4 is 11.1 Å². The zero-order valence-electron chi connectivity index (χ0n) is 12.1. The maximum atomic E-state index is 11.8. The molecule has 0 saturated carbocycles. The summed E-state index contributed by atoms with van der Waals surface area (Å²) in [7, 11) is 0. The zero-order valence-corrected chi connectivity index (χ0v) is 12.9. The number of nitrogens with one attached hydrogen (secondary N) is 1. The van der Waals surface area contributed by atoms with Gasteiger partial charge < -0.3 is 15.8 Å². The van der Waals surface area contributed by atoms with E-state index in [9.17, 15) is 4.79 Å². The summed E-state index contributed by atoms with van der Waals surface area (Å²) in [6, 6.07) is 13.0.